The number of carbonyl (C=O) groups is 2. The van der Waals surface area contributed by atoms with Crippen molar-refractivity contribution in [2.24, 2.45) is 107 Å². The van der Waals surface area contributed by atoms with Crippen LogP contribution >= 0.6 is 0 Å². The van der Waals surface area contributed by atoms with Gasteiger partial charge >= 0.3 is 17.1 Å². The summed E-state index contributed by atoms with van der Waals surface area (Å²) in [6.45, 7) is 0. The van der Waals surface area contributed by atoms with Crippen molar-refractivity contribution in [3.8, 4) is 0 Å². The van der Waals surface area contributed by atoms with Crippen LogP contribution in [0.25, 0.3) is 0 Å². The molecule has 0 amide bonds. The molecule has 8 aliphatic carbocycles. The fourth-order valence-electron chi connectivity index (χ4n) is 24.7. The average Bonchev–Trinajstić information content (AvgIpc) is 1.98. The summed E-state index contributed by atoms with van der Waals surface area (Å²) in [6.07, 6.45) is 40.3. The van der Waals surface area contributed by atoms with E-state index in [1.807, 2.05) is 0 Å². The van der Waals surface area contributed by atoms with E-state index in [0.29, 0.717) is 120 Å². The van der Waals surface area contributed by atoms with Crippen molar-refractivity contribution in [3.63, 3.8) is 0 Å². The van der Waals surface area contributed by atoms with Crippen molar-refractivity contribution in [2.45, 2.75) is 291 Å². The predicted molar refractivity (Wildman–Crippen MR) is 322 cm³/mol. The van der Waals surface area contributed by atoms with Crippen LogP contribution in [-0.4, -0.2) is 111 Å². The topological polar surface area (TPSA) is 273 Å². The van der Waals surface area contributed by atoms with Crippen LogP contribution in [0.15, 0.2) is 0 Å². The van der Waals surface area contributed by atoms with Crippen LogP contribution in [0.5, 0.6) is 0 Å². The molecule has 8 saturated carbocycles. The Labute approximate surface area is 529 Å². The van der Waals surface area contributed by atoms with Gasteiger partial charge in [0.25, 0.3) is 0 Å². The van der Waals surface area contributed by atoms with E-state index in [0.717, 1.165) is 38.5 Å². The van der Waals surface area contributed by atoms with E-state index in [-0.39, 0.29) is 90.6 Å². The van der Waals surface area contributed by atoms with Crippen molar-refractivity contribution in [1.29, 1.82) is 0 Å². The van der Waals surface area contributed by atoms with Gasteiger partial charge < -0.3 is 19.8 Å². The third-order valence-corrected chi connectivity index (χ3v) is 28.4. The third kappa shape index (κ3) is 11.1. The zero-order valence-corrected chi connectivity index (χ0v) is 52.7. The molecule has 34 atom stereocenters. The first-order valence-electron chi connectivity index (χ1n) is 36.8. The molecule has 34 unspecified atom stereocenters. The van der Waals surface area contributed by atoms with Gasteiger partial charge in [0.2, 0.25) is 0 Å². The van der Waals surface area contributed by atoms with E-state index in [1.165, 1.54) is 154 Å². The third-order valence-electron chi connectivity index (χ3n) is 28.4. The zero-order valence-electron chi connectivity index (χ0n) is 51.8. The summed E-state index contributed by atoms with van der Waals surface area (Å²) in [5.74, 6) is 5.66. The largest absolute Gasteiger partial charge is 2.00 e. The van der Waals surface area contributed by atoms with Crippen molar-refractivity contribution in [1.82, 2.24) is 85.1 Å². The van der Waals surface area contributed by atoms with Crippen LogP contribution in [0.3, 0.4) is 0 Å². The maximum atomic E-state index is 12.5. The fourth-order valence-corrected chi connectivity index (χ4v) is 24.7. The number of nitrogens with one attached hydrogen (secondary N) is 16. The number of carboxylic acid groups (broad SMARTS) is 2. The summed E-state index contributed by atoms with van der Waals surface area (Å²) in [7, 11) is 0. The Morgan fingerprint density at radius 1 is 0.195 bits per heavy atom. The molecule has 16 bridgehead atoms. The Kier molecular flexibility index (Phi) is 17.8. The number of aliphatic carboxylic acids is 2. The number of carbonyl (C=O) groups excluding carboxylic acids is 2. The Bertz CT molecular complexity index is 2260. The van der Waals surface area contributed by atoms with Crippen LogP contribution in [0.2, 0.25) is 0 Å². The van der Waals surface area contributed by atoms with Gasteiger partial charge in [0.1, 0.15) is 0 Å². The van der Waals surface area contributed by atoms with Gasteiger partial charge in [-0.2, -0.15) is 0 Å². The average molecular weight is 1260 g/mol. The van der Waals surface area contributed by atoms with Crippen molar-refractivity contribution in [3.05, 3.63) is 0 Å². The number of hydrogen-bond donors (Lipinski definition) is 16. The van der Waals surface area contributed by atoms with E-state index < -0.39 is 23.8 Å². The summed E-state index contributed by atoms with van der Waals surface area (Å²) >= 11 is 0. The molecular formula is C66H110CuN16O4. The molecule has 21 heteroatoms. The maximum Gasteiger partial charge on any atom is 2.00 e. The van der Waals surface area contributed by atoms with E-state index >= 15 is 0 Å². The van der Waals surface area contributed by atoms with E-state index in [1.54, 1.807) is 0 Å². The van der Waals surface area contributed by atoms with Crippen molar-refractivity contribution < 1.29 is 36.9 Å². The molecule has 1 radical (unpaired) electrons. The molecule has 10 saturated heterocycles. The number of fused-ring (bicyclic) bond motifs is 40. The molecule has 489 valence electrons. The molecule has 18 rings (SSSR count). The van der Waals surface area contributed by atoms with Gasteiger partial charge in [-0.25, -0.2) is 0 Å². The molecule has 87 heavy (non-hydrogen) atoms. The summed E-state index contributed by atoms with van der Waals surface area (Å²) in [5, 5.41) is 90.7. The molecule has 16 N–H and O–H groups in total. The Morgan fingerprint density at radius 3 is 0.494 bits per heavy atom. The Morgan fingerprint density at radius 2 is 0.333 bits per heavy atom. The van der Waals surface area contributed by atoms with Crippen LogP contribution < -0.4 is 95.3 Å². The quantitative estimate of drug-likeness (QED) is 0.173. The first-order chi connectivity index (χ1) is 42.2. The van der Waals surface area contributed by atoms with Gasteiger partial charge in [0, 0.05) is 35.6 Å². The molecule has 18 fully saturated rings. The molecular weight excluding hydrogens is 1140 g/mol. The number of hydrogen-bond acceptors (Lipinski definition) is 20. The second-order valence-corrected chi connectivity index (χ2v) is 32.2. The van der Waals surface area contributed by atoms with Gasteiger partial charge in [-0.15, -0.1) is 0 Å². The second kappa shape index (κ2) is 25.5. The first-order valence-corrected chi connectivity index (χ1v) is 36.8. The normalized spacial score (nSPS) is 55.4. The summed E-state index contributed by atoms with van der Waals surface area (Å²) in [5.41, 5.74) is 0. The van der Waals surface area contributed by atoms with Gasteiger partial charge in [-0.1, -0.05) is 89.9 Å². The monoisotopic (exact) mass is 1250 g/mol. The molecule has 10 aliphatic heterocycles. The first kappa shape index (κ1) is 60.7. The van der Waals surface area contributed by atoms with E-state index in [9.17, 15) is 19.8 Å². The fraction of sp³-hybridized carbons (Fsp3) is 0.970. The van der Waals surface area contributed by atoms with Crippen LogP contribution in [-0.2, 0) is 26.7 Å². The van der Waals surface area contributed by atoms with Gasteiger partial charge in [0.15, 0.2) is 0 Å². The number of rotatable bonds is 2. The van der Waals surface area contributed by atoms with Gasteiger partial charge in [-0.05, 0) is 186 Å². The minimum Gasteiger partial charge on any atom is -0.550 e. The molecule has 0 spiro atoms. The second-order valence-electron chi connectivity index (χ2n) is 32.2. The summed E-state index contributed by atoms with van der Waals surface area (Å²) in [4.78, 5) is 25.0. The molecule has 10 heterocycles. The standard InChI is InChI=1S/2C33H56N8O2.Cu/c2*42-33(43)23-15-7-14-22-24(23)32-40-30-21-13-6-5-12-20(21)28(38-30)36-26-17-9-2-1-8-16(17)25(34-26)35-27-18-10-3-4-11-19(18)29(37-27)39-31(22)41-32;/h2*16-32,34-41H,1-15H2,(H,42,43);/q;;+2/p-2. The minimum absolute atomic E-state index is 0. The summed E-state index contributed by atoms with van der Waals surface area (Å²) in [6, 6.07) is 0. The summed E-state index contributed by atoms with van der Waals surface area (Å²) < 4.78 is 0. The molecule has 0 aromatic rings. The van der Waals surface area contributed by atoms with Gasteiger partial charge in [0.05, 0.1) is 98.7 Å². The zero-order chi connectivity index (χ0) is 57.3. The van der Waals surface area contributed by atoms with Gasteiger partial charge in [-0.3, -0.25) is 85.1 Å². The van der Waals surface area contributed by atoms with Crippen molar-refractivity contribution in [2.75, 3.05) is 0 Å². The minimum atomic E-state index is -0.857. The Hall–Kier alpha value is -1.18. The number of carboxylic acids is 2. The van der Waals surface area contributed by atoms with Crippen LogP contribution in [0.1, 0.15) is 193 Å². The molecule has 20 nitrogen and oxygen atoms in total. The van der Waals surface area contributed by atoms with Crippen LogP contribution in [0, 0.1) is 107 Å². The maximum absolute atomic E-state index is 12.5. The van der Waals surface area contributed by atoms with Crippen LogP contribution in [0.4, 0.5) is 0 Å². The SMILES string of the molecule is O=C([O-])C1CCCC2C3NC4NC(NC5NC(NC6NC(NC(N3)C12)C1CCCCC61)C1CCCCC51)C1CCCCC41.O=C([O-])C1CCCC2C3NC4NC(NC5NC(NC6NC(NC(N3)C12)C1CCCCC61)C1CCCCC51)C1CCCCC41.[Cu+2]. The molecule has 0 aromatic heterocycles. The van der Waals surface area contributed by atoms with E-state index in [4.69, 9.17) is 0 Å². The smallest absolute Gasteiger partial charge is 0.550 e. The van der Waals surface area contributed by atoms with Crippen molar-refractivity contribution >= 4 is 11.9 Å². The predicted octanol–water partition coefficient (Wildman–Crippen LogP) is 1.16. The van der Waals surface area contributed by atoms with E-state index in [2.05, 4.69) is 85.1 Å². The molecule has 18 aliphatic rings. The molecule has 0 aromatic carbocycles. The Balaban J connectivity index is 0.000000139.